The molecule has 0 bridgehead atoms. The molecule has 220 valence electrons. The number of carboxylic acid groups (broad SMARTS) is 1. The van der Waals surface area contributed by atoms with Crippen LogP contribution in [-0.4, -0.2) is 64.7 Å². The van der Waals surface area contributed by atoms with Gasteiger partial charge < -0.3 is 15.3 Å². The lowest BCUT2D eigenvalue weighted by Crippen LogP contribution is -2.54. The number of nitro groups is 1. The molecule has 1 saturated carbocycles. The van der Waals surface area contributed by atoms with Gasteiger partial charge in [0.15, 0.2) is 6.17 Å². The zero-order chi connectivity index (χ0) is 29.7. The molecule has 2 atom stereocenters. The quantitative estimate of drug-likeness (QED) is 0.297. The van der Waals surface area contributed by atoms with E-state index in [-0.39, 0.29) is 35.7 Å². The van der Waals surface area contributed by atoms with Crippen molar-refractivity contribution >= 4 is 33.5 Å². The van der Waals surface area contributed by atoms with E-state index in [2.05, 4.69) is 5.32 Å². The monoisotopic (exact) mass is 590 g/mol. The Kier molecular flexibility index (Phi) is 9.33. The van der Waals surface area contributed by atoms with Crippen LogP contribution in [0.5, 0.6) is 0 Å². The lowest BCUT2D eigenvalue weighted by molar-refractivity contribution is -0.384. The van der Waals surface area contributed by atoms with E-state index < -0.39 is 57.2 Å². The molecular formula is C27H31FN4O8S. The number of hydrogen-bond acceptors (Lipinski definition) is 7. The van der Waals surface area contributed by atoms with Crippen molar-refractivity contribution in [2.24, 2.45) is 5.92 Å². The first-order valence-electron chi connectivity index (χ1n) is 13.3. The number of amides is 2. The molecule has 14 heteroatoms. The summed E-state index contributed by atoms with van der Waals surface area (Å²) < 4.78 is 41.5. The Morgan fingerprint density at radius 1 is 1.10 bits per heavy atom. The van der Waals surface area contributed by atoms with Gasteiger partial charge in [0.1, 0.15) is 5.82 Å². The maximum absolute atomic E-state index is 13.7. The summed E-state index contributed by atoms with van der Waals surface area (Å²) in [5, 5.41) is 23.3. The zero-order valence-electron chi connectivity index (χ0n) is 22.1. The second-order valence-corrected chi connectivity index (χ2v) is 12.1. The Balaban J connectivity index is 1.65. The second kappa shape index (κ2) is 12.7. The molecule has 1 heterocycles. The number of non-ortho nitro benzene ring substituents is 1. The number of carboxylic acids is 1. The minimum atomic E-state index is -4.38. The number of halogens is 1. The van der Waals surface area contributed by atoms with Gasteiger partial charge in [0.05, 0.1) is 22.3 Å². The number of nitrogens with zero attached hydrogens (tertiary/aromatic N) is 3. The summed E-state index contributed by atoms with van der Waals surface area (Å²) in [4.78, 5) is 50.2. The van der Waals surface area contributed by atoms with Crippen molar-refractivity contribution < 1.29 is 37.2 Å². The fourth-order valence-electron chi connectivity index (χ4n) is 5.43. The van der Waals surface area contributed by atoms with Crippen molar-refractivity contribution in [2.75, 3.05) is 13.1 Å². The van der Waals surface area contributed by atoms with E-state index in [4.69, 9.17) is 0 Å². The maximum atomic E-state index is 13.7. The van der Waals surface area contributed by atoms with Crippen LogP contribution < -0.4 is 5.32 Å². The summed E-state index contributed by atoms with van der Waals surface area (Å²) in [5.74, 6) is -2.97. The van der Waals surface area contributed by atoms with Crippen LogP contribution in [0.2, 0.25) is 0 Å². The lowest BCUT2D eigenvalue weighted by atomic mass is 10.0. The molecule has 2 unspecified atom stereocenters. The highest BCUT2D eigenvalue weighted by Crippen LogP contribution is 2.31. The minimum absolute atomic E-state index is 0.0809. The fourth-order valence-corrected chi connectivity index (χ4v) is 6.98. The molecule has 0 radical (unpaired) electrons. The van der Waals surface area contributed by atoms with E-state index in [1.807, 2.05) is 0 Å². The molecule has 2 aromatic rings. The van der Waals surface area contributed by atoms with Gasteiger partial charge >= 0.3 is 5.97 Å². The number of carbonyl (C=O) groups excluding carboxylic acids is 2. The summed E-state index contributed by atoms with van der Waals surface area (Å²) in [6.45, 7) is -0.296. The van der Waals surface area contributed by atoms with Crippen molar-refractivity contribution in [1.82, 2.24) is 14.5 Å². The van der Waals surface area contributed by atoms with Gasteiger partial charge in [-0.3, -0.25) is 24.5 Å². The van der Waals surface area contributed by atoms with E-state index >= 15 is 0 Å². The third-order valence-electron chi connectivity index (χ3n) is 7.52. The normalized spacial score (nSPS) is 18.8. The van der Waals surface area contributed by atoms with E-state index in [9.17, 15) is 42.4 Å². The highest BCUT2D eigenvalue weighted by Gasteiger charge is 2.47. The van der Waals surface area contributed by atoms with Crippen molar-refractivity contribution in [3.8, 4) is 0 Å². The first-order chi connectivity index (χ1) is 19.5. The summed E-state index contributed by atoms with van der Waals surface area (Å²) in [6, 6.07) is 7.87. The molecule has 2 aliphatic rings. The Hall–Kier alpha value is -3.91. The van der Waals surface area contributed by atoms with Gasteiger partial charge in [-0.1, -0.05) is 37.8 Å². The van der Waals surface area contributed by atoms with Gasteiger partial charge in [-0.15, -0.1) is 0 Å². The van der Waals surface area contributed by atoms with E-state index in [1.165, 1.54) is 18.2 Å². The van der Waals surface area contributed by atoms with Crippen LogP contribution in [0.4, 0.5) is 10.1 Å². The van der Waals surface area contributed by atoms with Gasteiger partial charge in [0, 0.05) is 31.6 Å². The molecule has 0 spiro atoms. The van der Waals surface area contributed by atoms with Gasteiger partial charge in [0.25, 0.3) is 11.6 Å². The third-order valence-corrected chi connectivity index (χ3v) is 9.39. The predicted octanol–water partition coefficient (Wildman–Crippen LogP) is 3.20. The molecule has 2 N–H and O–H groups in total. The molecule has 1 aliphatic heterocycles. The zero-order valence-corrected chi connectivity index (χ0v) is 23.0. The molecular weight excluding hydrogens is 559 g/mol. The van der Waals surface area contributed by atoms with E-state index in [0.29, 0.717) is 12.3 Å². The molecule has 41 heavy (non-hydrogen) atoms. The first-order valence-corrected chi connectivity index (χ1v) is 14.7. The fraction of sp³-hybridized carbons (Fsp3) is 0.444. The second-order valence-electron chi connectivity index (χ2n) is 10.2. The molecule has 2 aromatic carbocycles. The number of hydrogen-bond donors (Lipinski definition) is 2. The van der Waals surface area contributed by atoms with Crippen molar-refractivity contribution in [1.29, 1.82) is 0 Å². The number of nitro benzene ring substituents is 1. The minimum Gasteiger partial charge on any atom is -0.481 e. The molecule has 2 amide bonds. The first kappa shape index (κ1) is 30.1. The van der Waals surface area contributed by atoms with E-state index in [1.54, 1.807) is 0 Å². The molecule has 4 rings (SSSR count). The van der Waals surface area contributed by atoms with Gasteiger partial charge in [-0.2, -0.15) is 4.31 Å². The van der Waals surface area contributed by atoms with Crippen molar-refractivity contribution in [3.05, 3.63) is 70.0 Å². The highest BCUT2D eigenvalue weighted by atomic mass is 32.2. The van der Waals surface area contributed by atoms with Crippen LogP contribution in [0.3, 0.4) is 0 Å². The van der Waals surface area contributed by atoms with Crippen LogP contribution in [0.25, 0.3) is 0 Å². The van der Waals surface area contributed by atoms with Crippen LogP contribution in [0, 0.1) is 21.8 Å². The Morgan fingerprint density at radius 3 is 2.41 bits per heavy atom. The van der Waals surface area contributed by atoms with Crippen molar-refractivity contribution in [3.63, 3.8) is 0 Å². The number of rotatable bonds is 11. The average molecular weight is 591 g/mol. The summed E-state index contributed by atoms with van der Waals surface area (Å²) >= 11 is 0. The van der Waals surface area contributed by atoms with Gasteiger partial charge in [-0.05, 0) is 42.2 Å². The molecule has 1 aliphatic carbocycles. The molecule has 1 saturated heterocycles. The number of benzene rings is 2. The van der Waals surface area contributed by atoms with Crippen LogP contribution in [0.15, 0.2) is 53.4 Å². The number of carbonyl (C=O) groups is 3. The predicted molar refractivity (Wildman–Crippen MR) is 143 cm³/mol. The summed E-state index contributed by atoms with van der Waals surface area (Å²) in [7, 11) is -4.38. The Morgan fingerprint density at radius 2 is 1.78 bits per heavy atom. The summed E-state index contributed by atoms with van der Waals surface area (Å²) in [6.07, 6.45) is 2.59. The van der Waals surface area contributed by atoms with Gasteiger partial charge in [-0.25, -0.2) is 12.8 Å². The number of nitrogens with one attached hydrogen (secondary N) is 1. The maximum Gasteiger partial charge on any atom is 0.305 e. The van der Waals surface area contributed by atoms with Gasteiger partial charge in [0.2, 0.25) is 15.9 Å². The Bertz CT molecular complexity index is 1410. The standard InChI is InChI=1S/C27H31FN4O8S/c28-20-9-11-22(12-10-20)41(39,40)31-15-14-30(24(33)13-8-18-4-1-2-5-18)27(31)26(36)29-23(17-25(34)35)19-6-3-7-21(16-19)32(37)38/h3,6-7,9-12,16,18,23,27H,1-2,4-5,8,13-15,17H2,(H,29,36)(H,34,35). The summed E-state index contributed by atoms with van der Waals surface area (Å²) in [5.41, 5.74) is -0.197. The third kappa shape index (κ3) is 7.06. The van der Waals surface area contributed by atoms with E-state index in [0.717, 1.165) is 65.2 Å². The smallest absolute Gasteiger partial charge is 0.305 e. The van der Waals surface area contributed by atoms with Crippen LogP contribution in [0.1, 0.15) is 56.6 Å². The SMILES string of the molecule is O=C(O)CC(NC(=O)C1N(C(=O)CCC2CCCC2)CCN1S(=O)(=O)c1ccc(F)cc1)c1cccc([N+](=O)[O-])c1. The largest absolute Gasteiger partial charge is 0.481 e. The number of sulfonamides is 1. The number of aliphatic carboxylic acids is 1. The molecule has 12 nitrogen and oxygen atoms in total. The van der Waals surface area contributed by atoms with Crippen LogP contribution >= 0.6 is 0 Å². The highest BCUT2D eigenvalue weighted by molar-refractivity contribution is 7.89. The molecule has 0 aromatic heterocycles. The molecule has 2 fully saturated rings. The van der Waals surface area contributed by atoms with Crippen LogP contribution in [-0.2, 0) is 24.4 Å². The lowest BCUT2D eigenvalue weighted by Gasteiger charge is -2.30. The average Bonchev–Trinajstić information content (AvgIpc) is 3.62. The topological polar surface area (TPSA) is 167 Å². The Labute approximate surface area is 236 Å². The van der Waals surface area contributed by atoms with Crippen molar-refractivity contribution in [2.45, 2.75) is 62.0 Å².